The molecule has 1 heterocycles. The van der Waals surface area contributed by atoms with Gasteiger partial charge in [0.2, 0.25) is 0 Å². The molecule has 0 radical (unpaired) electrons. The van der Waals surface area contributed by atoms with Crippen molar-refractivity contribution in [1.29, 1.82) is 0 Å². The first-order valence-corrected chi connectivity index (χ1v) is 7.70. The fraction of sp³-hybridized carbons (Fsp3) is 1.00. The van der Waals surface area contributed by atoms with Crippen molar-refractivity contribution in [1.82, 2.24) is 16.0 Å². The highest BCUT2D eigenvalue weighted by atomic mass is 79.9. The van der Waals surface area contributed by atoms with Crippen LogP contribution >= 0.6 is 15.9 Å². The Bertz CT molecular complexity index is 226. The molecule has 0 aromatic carbocycles. The fourth-order valence-electron chi connectivity index (χ4n) is 3.34. The molecule has 0 aromatic rings. The lowest BCUT2D eigenvalue weighted by molar-refractivity contribution is 0.0764. The number of rotatable bonds is 1. The predicted molar refractivity (Wildman–Crippen MR) is 69.1 cm³/mol. The summed E-state index contributed by atoms with van der Waals surface area (Å²) in [5, 5.41) is 2.35. The van der Waals surface area contributed by atoms with Gasteiger partial charge < -0.3 is 0 Å². The van der Waals surface area contributed by atoms with Crippen LogP contribution in [-0.2, 0) is 0 Å². The SMILES string of the molecule is BrC1CCC(N2NC3CCCCC3N2)CC1. The minimum Gasteiger partial charge on any atom is -0.237 e. The molecule has 2 saturated carbocycles. The first kappa shape index (κ1) is 11.5. The number of hydrazine groups is 2. The van der Waals surface area contributed by atoms with Gasteiger partial charge in [0, 0.05) is 23.0 Å². The molecular formula is C12H22BrN3. The lowest BCUT2D eigenvalue weighted by atomic mass is 9.92. The van der Waals surface area contributed by atoms with Crippen LogP contribution in [0.4, 0.5) is 0 Å². The molecule has 0 spiro atoms. The van der Waals surface area contributed by atoms with Crippen molar-refractivity contribution in [2.45, 2.75) is 74.3 Å². The predicted octanol–water partition coefficient (Wildman–Crippen LogP) is 2.33. The Balaban J connectivity index is 1.56. The number of nitrogens with zero attached hydrogens (tertiary/aromatic N) is 1. The van der Waals surface area contributed by atoms with Crippen LogP contribution in [0.5, 0.6) is 0 Å². The second-order valence-corrected chi connectivity index (χ2v) is 6.83. The minimum absolute atomic E-state index is 0.704. The van der Waals surface area contributed by atoms with Gasteiger partial charge in [0.15, 0.2) is 0 Å². The van der Waals surface area contributed by atoms with E-state index in [4.69, 9.17) is 0 Å². The van der Waals surface area contributed by atoms with E-state index >= 15 is 0 Å². The molecule has 3 rings (SSSR count). The lowest BCUT2D eigenvalue weighted by Gasteiger charge is -2.32. The quantitative estimate of drug-likeness (QED) is 0.725. The molecule has 4 heteroatoms. The standard InChI is InChI=1S/C12H22BrN3/c13-9-5-7-10(8-6-9)16-14-11-3-1-2-4-12(11)15-16/h9-12,14-15H,1-8H2. The Kier molecular flexibility index (Phi) is 3.52. The number of hydrogen-bond acceptors (Lipinski definition) is 3. The minimum atomic E-state index is 0.704. The molecule has 0 bridgehead atoms. The van der Waals surface area contributed by atoms with Crippen molar-refractivity contribution < 1.29 is 0 Å². The molecule has 2 atom stereocenters. The summed E-state index contributed by atoms with van der Waals surface area (Å²) in [6, 6.07) is 2.12. The molecule has 3 aliphatic rings. The largest absolute Gasteiger partial charge is 0.237 e. The number of alkyl halides is 1. The van der Waals surface area contributed by atoms with Crippen molar-refractivity contribution in [3.8, 4) is 0 Å². The van der Waals surface area contributed by atoms with Crippen molar-refractivity contribution in [2.75, 3.05) is 0 Å². The lowest BCUT2D eigenvalue weighted by Crippen LogP contribution is -2.49. The molecule has 1 saturated heterocycles. The van der Waals surface area contributed by atoms with E-state index in [1.54, 1.807) is 0 Å². The van der Waals surface area contributed by atoms with E-state index in [0.717, 1.165) is 4.83 Å². The summed E-state index contributed by atoms with van der Waals surface area (Å²) in [5.74, 6) is 0. The molecule has 16 heavy (non-hydrogen) atoms. The zero-order chi connectivity index (χ0) is 11.0. The smallest absolute Gasteiger partial charge is 0.0401 e. The van der Waals surface area contributed by atoms with E-state index in [1.807, 2.05) is 0 Å². The molecule has 0 aromatic heterocycles. The van der Waals surface area contributed by atoms with Gasteiger partial charge in [-0.25, -0.2) is 10.9 Å². The molecule has 3 nitrogen and oxygen atoms in total. The molecule has 2 unspecified atom stereocenters. The highest BCUT2D eigenvalue weighted by Crippen LogP contribution is 2.29. The third-order valence-corrected chi connectivity index (χ3v) is 5.28. The van der Waals surface area contributed by atoms with E-state index in [2.05, 4.69) is 31.9 Å². The molecule has 2 N–H and O–H groups in total. The summed E-state index contributed by atoms with van der Waals surface area (Å²) in [7, 11) is 0. The maximum Gasteiger partial charge on any atom is 0.0401 e. The van der Waals surface area contributed by atoms with Crippen LogP contribution in [0.1, 0.15) is 51.4 Å². The maximum atomic E-state index is 3.73. The second-order valence-electron chi connectivity index (χ2n) is 5.53. The first-order valence-electron chi connectivity index (χ1n) is 6.78. The highest BCUT2D eigenvalue weighted by molar-refractivity contribution is 9.09. The van der Waals surface area contributed by atoms with Crippen LogP contribution in [0.15, 0.2) is 0 Å². The van der Waals surface area contributed by atoms with Gasteiger partial charge in [0.25, 0.3) is 0 Å². The summed E-state index contributed by atoms with van der Waals surface area (Å²) < 4.78 is 0. The number of hydrogen-bond donors (Lipinski definition) is 2. The number of fused-ring (bicyclic) bond motifs is 1. The third kappa shape index (κ3) is 2.30. The number of nitrogens with one attached hydrogen (secondary N) is 2. The molecule has 3 fully saturated rings. The van der Waals surface area contributed by atoms with Gasteiger partial charge in [-0.3, -0.25) is 0 Å². The summed E-state index contributed by atoms with van der Waals surface area (Å²) >= 11 is 3.73. The first-order chi connectivity index (χ1) is 7.83. The zero-order valence-electron chi connectivity index (χ0n) is 9.79. The monoisotopic (exact) mass is 287 g/mol. The van der Waals surface area contributed by atoms with E-state index in [9.17, 15) is 0 Å². The number of halogens is 1. The Morgan fingerprint density at radius 2 is 1.38 bits per heavy atom. The van der Waals surface area contributed by atoms with E-state index in [1.165, 1.54) is 51.4 Å². The van der Waals surface area contributed by atoms with Crippen LogP contribution in [0.25, 0.3) is 0 Å². The molecular weight excluding hydrogens is 266 g/mol. The Morgan fingerprint density at radius 1 is 0.812 bits per heavy atom. The average molecular weight is 288 g/mol. The zero-order valence-corrected chi connectivity index (χ0v) is 11.4. The second kappa shape index (κ2) is 4.92. The maximum absolute atomic E-state index is 3.73. The van der Waals surface area contributed by atoms with Crippen molar-refractivity contribution in [2.24, 2.45) is 0 Å². The van der Waals surface area contributed by atoms with E-state index in [-0.39, 0.29) is 0 Å². The Morgan fingerprint density at radius 3 is 1.94 bits per heavy atom. The molecule has 1 aliphatic heterocycles. The topological polar surface area (TPSA) is 27.3 Å². The Hall–Kier alpha value is 0.360. The Labute approximate surface area is 106 Å². The van der Waals surface area contributed by atoms with Gasteiger partial charge in [-0.05, 0) is 38.5 Å². The molecule has 0 amide bonds. The van der Waals surface area contributed by atoms with Gasteiger partial charge in [-0.2, -0.15) is 5.12 Å². The van der Waals surface area contributed by atoms with Crippen LogP contribution in [0.2, 0.25) is 0 Å². The fourth-order valence-corrected chi connectivity index (χ4v) is 3.87. The molecule has 2 aliphatic carbocycles. The average Bonchev–Trinajstić information content (AvgIpc) is 2.73. The van der Waals surface area contributed by atoms with Gasteiger partial charge in [-0.15, -0.1) is 0 Å². The summed E-state index contributed by atoms with van der Waals surface area (Å²) in [6.07, 6.45) is 10.8. The third-order valence-electron chi connectivity index (χ3n) is 4.37. The van der Waals surface area contributed by atoms with Crippen LogP contribution in [0.3, 0.4) is 0 Å². The van der Waals surface area contributed by atoms with Crippen molar-refractivity contribution >= 4 is 15.9 Å². The van der Waals surface area contributed by atoms with Crippen LogP contribution < -0.4 is 10.9 Å². The molecule has 92 valence electrons. The van der Waals surface area contributed by atoms with Gasteiger partial charge >= 0.3 is 0 Å². The summed E-state index contributed by atoms with van der Waals surface area (Å²) in [4.78, 5) is 0.758. The van der Waals surface area contributed by atoms with Gasteiger partial charge in [0.1, 0.15) is 0 Å². The van der Waals surface area contributed by atoms with Gasteiger partial charge in [-0.1, -0.05) is 28.8 Å². The van der Waals surface area contributed by atoms with Crippen LogP contribution in [-0.4, -0.2) is 28.1 Å². The normalized spacial score (nSPS) is 45.6. The highest BCUT2D eigenvalue weighted by Gasteiger charge is 2.37. The summed E-state index contributed by atoms with van der Waals surface area (Å²) in [5.41, 5.74) is 7.37. The van der Waals surface area contributed by atoms with E-state index in [0.29, 0.717) is 18.1 Å². The van der Waals surface area contributed by atoms with E-state index < -0.39 is 0 Å². The van der Waals surface area contributed by atoms with Crippen molar-refractivity contribution in [3.63, 3.8) is 0 Å². The van der Waals surface area contributed by atoms with Crippen LogP contribution in [0, 0.1) is 0 Å². The van der Waals surface area contributed by atoms with Crippen molar-refractivity contribution in [3.05, 3.63) is 0 Å². The van der Waals surface area contributed by atoms with Gasteiger partial charge in [0.05, 0.1) is 0 Å². The summed E-state index contributed by atoms with van der Waals surface area (Å²) in [6.45, 7) is 0.